The highest BCUT2D eigenvalue weighted by Crippen LogP contribution is 2.36. The molecule has 1 amide bonds. The molecule has 3 rings (SSSR count). The molecule has 0 bridgehead atoms. The molecule has 0 spiro atoms. The van der Waals surface area contributed by atoms with Crippen LogP contribution in [0.3, 0.4) is 0 Å². The van der Waals surface area contributed by atoms with Gasteiger partial charge in [0.05, 0.1) is 23.4 Å². The number of rotatable bonds is 4. The number of amides is 1. The van der Waals surface area contributed by atoms with E-state index >= 15 is 0 Å². The Kier molecular flexibility index (Phi) is 5.57. The minimum absolute atomic E-state index is 0.0377. The maximum atomic E-state index is 13.5. The molecule has 1 N–H and O–H groups in total. The van der Waals surface area contributed by atoms with Crippen LogP contribution in [0.1, 0.15) is 11.3 Å². The zero-order chi connectivity index (χ0) is 22.1. The van der Waals surface area contributed by atoms with Gasteiger partial charge in [0, 0.05) is 17.3 Å². The van der Waals surface area contributed by atoms with Gasteiger partial charge in [-0.1, -0.05) is 0 Å². The second-order valence-electron chi connectivity index (χ2n) is 6.43. The van der Waals surface area contributed by atoms with E-state index in [0.29, 0.717) is 0 Å². The number of anilines is 2. The summed E-state index contributed by atoms with van der Waals surface area (Å²) >= 11 is 0. The van der Waals surface area contributed by atoms with Gasteiger partial charge < -0.3 is 15.0 Å². The van der Waals surface area contributed by atoms with Crippen LogP contribution in [-0.2, 0) is 9.53 Å². The summed E-state index contributed by atoms with van der Waals surface area (Å²) < 4.78 is 45.5. The number of nitrogens with one attached hydrogen (secondary N) is 1. The van der Waals surface area contributed by atoms with Gasteiger partial charge in [0.15, 0.2) is 6.10 Å². The van der Waals surface area contributed by atoms with Gasteiger partial charge in [0.25, 0.3) is 11.6 Å². The number of alkyl halides is 3. The summed E-state index contributed by atoms with van der Waals surface area (Å²) in [5.74, 6) is -0.822. The first-order valence-corrected chi connectivity index (χ1v) is 8.51. The van der Waals surface area contributed by atoms with Gasteiger partial charge in [-0.2, -0.15) is 18.4 Å². The molecule has 12 heteroatoms. The quantitative estimate of drug-likeness (QED) is 0.595. The SMILES string of the molecule is Cc1cc(N2C[C@@H](C(=O)Nc3ccc(C#N)nc3)O[C@@H]2C(F)(F)F)ccc1[N+](=O)[O-]. The molecule has 9 nitrogen and oxygen atoms in total. The lowest BCUT2D eigenvalue weighted by Crippen LogP contribution is -2.42. The van der Waals surface area contributed by atoms with Crippen molar-refractivity contribution in [2.75, 3.05) is 16.8 Å². The highest BCUT2D eigenvalue weighted by molar-refractivity contribution is 5.94. The number of halogens is 3. The van der Waals surface area contributed by atoms with Crippen LogP contribution in [0.25, 0.3) is 0 Å². The van der Waals surface area contributed by atoms with E-state index in [1.807, 2.05) is 0 Å². The van der Waals surface area contributed by atoms with Gasteiger partial charge in [-0.15, -0.1) is 0 Å². The maximum absolute atomic E-state index is 13.5. The van der Waals surface area contributed by atoms with E-state index in [9.17, 15) is 28.1 Å². The average Bonchev–Trinajstić information content (AvgIpc) is 3.14. The molecule has 1 saturated heterocycles. The molecule has 30 heavy (non-hydrogen) atoms. The zero-order valence-electron chi connectivity index (χ0n) is 15.4. The molecule has 1 aliphatic heterocycles. The van der Waals surface area contributed by atoms with Crippen LogP contribution in [0.4, 0.5) is 30.2 Å². The van der Waals surface area contributed by atoms with Crippen molar-refractivity contribution in [3.05, 3.63) is 57.9 Å². The van der Waals surface area contributed by atoms with Crippen LogP contribution in [0.5, 0.6) is 0 Å². The number of hydrogen-bond acceptors (Lipinski definition) is 7. The molecule has 2 heterocycles. The molecular formula is C18H14F3N5O4. The Hall–Kier alpha value is -3.72. The molecule has 2 atom stereocenters. The summed E-state index contributed by atoms with van der Waals surface area (Å²) in [4.78, 5) is 27.3. The number of nitro benzene ring substituents is 1. The molecule has 0 radical (unpaired) electrons. The van der Waals surface area contributed by atoms with E-state index in [-0.39, 0.29) is 28.3 Å². The third-order valence-electron chi connectivity index (χ3n) is 4.37. The van der Waals surface area contributed by atoms with Crippen LogP contribution in [0.2, 0.25) is 0 Å². The number of pyridine rings is 1. The third kappa shape index (κ3) is 4.31. The van der Waals surface area contributed by atoms with E-state index in [0.717, 1.165) is 11.0 Å². The Morgan fingerprint density at radius 3 is 2.67 bits per heavy atom. The normalized spacial score (nSPS) is 18.7. The predicted molar refractivity (Wildman–Crippen MR) is 97.5 cm³/mol. The minimum atomic E-state index is -4.80. The summed E-state index contributed by atoms with van der Waals surface area (Å²) in [7, 11) is 0. The van der Waals surface area contributed by atoms with Gasteiger partial charge in [0.2, 0.25) is 6.23 Å². The number of ether oxygens (including phenoxy) is 1. The summed E-state index contributed by atoms with van der Waals surface area (Å²) in [6.07, 6.45) is -7.46. The molecule has 0 unspecified atom stereocenters. The summed E-state index contributed by atoms with van der Waals surface area (Å²) in [6.45, 7) is 0.986. The molecule has 0 aliphatic carbocycles. The largest absolute Gasteiger partial charge is 0.433 e. The molecule has 1 aliphatic rings. The van der Waals surface area contributed by atoms with Crippen LogP contribution >= 0.6 is 0 Å². The lowest BCUT2D eigenvalue weighted by molar-refractivity contribution is -0.385. The molecular weight excluding hydrogens is 407 g/mol. The summed E-state index contributed by atoms with van der Waals surface area (Å²) in [5.41, 5.74) is 0.286. The number of carbonyl (C=O) groups excluding carboxylic acids is 1. The summed E-state index contributed by atoms with van der Waals surface area (Å²) in [6, 6.07) is 8.06. The van der Waals surface area contributed by atoms with Gasteiger partial charge in [0.1, 0.15) is 11.8 Å². The maximum Gasteiger partial charge on any atom is 0.433 e. The number of aromatic nitrogens is 1. The second kappa shape index (κ2) is 7.96. The number of nitro groups is 1. The van der Waals surface area contributed by atoms with E-state index in [1.54, 1.807) is 6.07 Å². The molecule has 1 aromatic carbocycles. The number of benzene rings is 1. The Labute approximate surface area is 167 Å². The number of nitriles is 1. The van der Waals surface area contributed by atoms with Crippen molar-refractivity contribution in [1.82, 2.24) is 4.98 Å². The molecule has 0 saturated carbocycles. The topological polar surface area (TPSA) is 121 Å². The smallest absolute Gasteiger partial charge is 0.335 e. The van der Waals surface area contributed by atoms with Crippen molar-refractivity contribution < 1.29 is 27.6 Å². The molecule has 1 aromatic heterocycles. The van der Waals surface area contributed by atoms with Gasteiger partial charge in [-0.25, -0.2) is 4.98 Å². The van der Waals surface area contributed by atoms with Gasteiger partial charge in [-0.3, -0.25) is 14.9 Å². The minimum Gasteiger partial charge on any atom is -0.335 e. The van der Waals surface area contributed by atoms with E-state index in [4.69, 9.17) is 10.00 Å². The monoisotopic (exact) mass is 421 g/mol. The van der Waals surface area contributed by atoms with Crippen LogP contribution in [0, 0.1) is 28.4 Å². The Balaban J connectivity index is 1.82. The Morgan fingerprint density at radius 1 is 1.40 bits per heavy atom. The van der Waals surface area contributed by atoms with Gasteiger partial charge >= 0.3 is 6.18 Å². The first-order valence-electron chi connectivity index (χ1n) is 8.51. The average molecular weight is 421 g/mol. The van der Waals surface area contributed by atoms with Crippen molar-refractivity contribution >= 4 is 23.0 Å². The van der Waals surface area contributed by atoms with Crippen molar-refractivity contribution in [2.45, 2.75) is 25.4 Å². The third-order valence-corrected chi connectivity index (χ3v) is 4.37. The first kappa shape index (κ1) is 21.0. The fourth-order valence-electron chi connectivity index (χ4n) is 2.97. The fraction of sp³-hybridized carbons (Fsp3) is 0.278. The van der Waals surface area contributed by atoms with Crippen LogP contribution < -0.4 is 10.2 Å². The summed E-state index contributed by atoms with van der Waals surface area (Å²) in [5, 5.41) is 22.1. The molecule has 2 aromatic rings. The first-order chi connectivity index (χ1) is 14.1. The van der Waals surface area contributed by atoms with E-state index in [1.165, 1.54) is 37.4 Å². The van der Waals surface area contributed by atoms with Crippen LogP contribution in [0.15, 0.2) is 36.5 Å². The zero-order valence-corrected chi connectivity index (χ0v) is 15.4. The van der Waals surface area contributed by atoms with Gasteiger partial charge in [-0.05, 0) is 31.2 Å². The van der Waals surface area contributed by atoms with E-state index in [2.05, 4.69) is 10.3 Å². The highest BCUT2D eigenvalue weighted by atomic mass is 19.4. The van der Waals surface area contributed by atoms with Crippen molar-refractivity contribution in [1.29, 1.82) is 5.26 Å². The molecule has 1 fully saturated rings. The lowest BCUT2D eigenvalue weighted by atomic mass is 10.1. The Morgan fingerprint density at radius 2 is 2.13 bits per heavy atom. The number of nitrogens with zero attached hydrogens (tertiary/aromatic N) is 4. The number of aryl methyl sites for hydroxylation is 1. The van der Waals surface area contributed by atoms with Crippen molar-refractivity contribution in [3.8, 4) is 6.07 Å². The lowest BCUT2D eigenvalue weighted by Gasteiger charge is -2.26. The fourth-order valence-corrected chi connectivity index (χ4v) is 2.97. The van der Waals surface area contributed by atoms with Crippen molar-refractivity contribution in [2.24, 2.45) is 0 Å². The molecule has 156 valence electrons. The standard InChI is InChI=1S/C18H14F3N5O4/c1-10-6-13(4-5-14(10)26(28)29)25-9-15(30-17(25)18(19,20)21)16(27)24-12-3-2-11(7-22)23-8-12/h2-6,8,15,17H,9H2,1H3,(H,24,27)/t15-,17+/m0/s1. The Bertz CT molecular complexity index is 1020. The predicted octanol–water partition coefficient (Wildman–Crippen LogP) is 2.90. The van der Waals surface area contributed by atoms with Crippen LogP contribution in [-0.4, -0.2) is 40.9 Å². The highest BCUT2D eigenvalue weighted by Gasteiger charge is 2.52. The van der Waals surface area contributed by atoms with E-state index < -0.39 is 35.9 Å². The number of hydrogen-bond donors (Lipinski definition) is 1. The van der Waals surface area contributed by atoms with Crippen molar-refractivity contribution in [3.63, 3.8) is 0 Å². The second-order valence-corrected chi connectivity index (χ2v) is 6.43. The number of carbonyl (C=O) groups is 1.